The van der Waals surface area contributed by atoms with E-state index in [1.54, 1.807) is 22.8 Å². The lowest BCUT2D eigenvalue weighted by Crippen LogP contribution is -2.46. The highest BCUT2D eigenvalue weighted by atomic mass is 16.2. The maximum absolute atomic E-state index is 12.7. The molecule has 4 aliphatic carbocycles. The normalized spacial score (nSPS) is 31.3. The Morgan fingerprint density at radius 3 is 2.61 bits per heavy atom. The topological polar surface area (TPSA) is 76.3 Å². The minimum absolute atomic E-state index is 0.00565. The summed E-state index contributed by atoms with van der Waals surface area (Å²) in [6, 6.07) is 5.14. The van der Waals surface area contributed by atoms with Crippen molar-refractivity contribution in [1.29, 1.82) is 0 Å². The van der Waals surface area contributed by atoms with Crippen molar-refractivity contribution in [2.45, 2.75) is 71.3 Å². The molecule has 1 aromatic carbocycles. The molecular formula is C25H30N4O2. The third-order valence-electron chi connectivity index (χ3n) is 8.22. The second kappa shape index (κ2) is 7.01. The highest BCUT2D eigenvalue weighted by Crippen LogP contribution is 2.61. The first-order chi connectivity index (χ1) is 15.0. The number of aromatic nitrogens is 2. The van der Waals surface area contributed by atoms with Gasteiger partial charge in [-0.3, -0.25) is 14.2 Å². The number of carbonyl (C=O) groups is 1. The molecule has 7 rings (SSSR count). The van der Waals surface area contributed by atoms with Gasteiger partial charge in [0.1, 0.15) is 5.82 Å². The maximum atomic E-state index is 12.7. The van der Waals surface area contributed by atoms with Gasteiger partial charge in [0.05, 0.1) is 10.9 Å². The number of nitrogens with one attached hydrogen (secondary N) is 1. The molecule has 4 saturated carbocycles. The first-order valence-electron chi connectivity index (χ1n) is 11.8. The summed E-state index contributed by atoms with van der Waals surface area (Å²) in [6.45, 7) is 2.78. The average molecular weight is 419 g/mol. The lowest BCUT2D eigenvalue weighted by molar-refractivity contribution is -0.0482. The number of nitrogens with zero attached hydrogens (tertiary/aromatic N) is 3. The molecule has 0 unspecified atom stereocenters. The van der Waals surface area contributed by atoms with Gasteiger partial charge in [-0.15, -0.1) is 0 Å². The SMILES string of the molecule is C/C(CC12CC3CC(CC(C3)C1)C2)=N/NC(=O)c1ccc2c(=O)n3c(nc2c1)CCC3. The van der Waals surface area contributed by atoms with Gasteiger partial charge in [0.25, 0.3) is 11.5 Å². The van der Waals surface area contributed by atoms with Crippen molar-refractivity contribution in [1.82, 2.24) is 15.0 Å². The summed E-state index contributed by atoms with van der Waals surface area (Å²) in [5, 5.41) is 5.04. The lowest BCUT2D eigenvalue weighted by Gasteiger charge is -2.57. The second-order valence-electron chi connectivity index (χ2n) is 10.7. The van der Waals surface area contributed by atoms with E-state index in [0.717, 1.165) is 55.1 Å². The predicted molar refractivity (Wildman–Crippen MR) is 120 cm³/mol. The van der Waals surface area contributed by atoms with Crippen LogP contribution in [-0.4, -0.2) is 21.2 Å². The molecule has 4 fully saturated rings. The van der Waals surface area contributed by atoms with Crippen LogP contribution in [0.3, 0.4) is 0 Å². The smallest absolute Gasteiger partial charge is 0.271 e. The van der Waals surface area contributed by atoms with Crippen molar-refractivity contribution in [2.24, 2.45) is 28.3 Å². The number of carbonyl (C=O) groups excluding carboxylic acids is 1. The van der Waals surface area contributed by atoms with Gasteiger partial charge in [-0.25, -0.2) is 10.4 Å². The van der Waals surface area contributed by atoms with E-state index in [1.165, 1.54) is 38.5 Å². The third kappa shape index (κ3) is 3.31. The van der Waals surface area contributed by atoms with Crippen molar-refractivity contribution < 1.29 is 4.79 Å². The Bertz CT molecular complexity index is 1130. The molecule has 5 aliphatic rings. The van der Waals surface area contributed by atoms with Gasteiger partial charge >= 0.3 is 0 Å². The third-order valence-corrected chi connectivity index (χ3v) is 8.22. The van der Waals surface area contributed by atoms with Crippen LogP contribution >= 0.6 is 0 Å². The molecule has 0 radical (unpaired) electrons. The maximum Gasteiger partial charge on any atom is 0.271 e. The number of benzene rings is 1. The summed E-state index contributed by atoms with van der Waals surface area (Å²) in [5.41, 5.74) is 5.27. The fourth-order valence-corrected chi connectivity index (χ4v) is 7.52. The molecule has 6 nitrogen and oxygen atoms in total. The summed E-state index contributed by atoms with van der Waals surface area (Å²) < 4.78 is 1.75. The molecule has 1 N–H and O–H groups in total. The number of rotatable bonds is 4. The van der Waals surface area contributed by atoms with Gasteiger partial charge in [0.2, 0.25) is 0 Å². The molecule has 0 saturated heterocycles. The number of aryl methyl sites for hydroxylation is 1. The summed E-state index contributed by atoms with van der Waals surface area (Å²) in [4.78, 5) is 30.0. The molecule has 0 atom stereocenters. The summed E-state index contributed by atoms with van der Waals surface area (Å²) >= 11 is 0. The minimum atomic E-state index is -0.242. The summed E-state index contributed by atoms with van der Waals surface area (Å²) in [7, 11) is 0. The Morgan fingerprint density at radius 2 is 1.90 bits per heavy atom. The van der Waals surface area contributed by atoms with Crippen LogP contribution in [-0.2, 0) is 13.0 Å². The van der Waals surface area contributed by atoms with Crippen LogP contribution in [0.15, 0.2) is 28.1 Å². The highest BCUT2D eigenvalue weighted by Gasteiger charge is 2.50. The van der Waals surface area contributed by atoms with Crippen molar-refractivity contribution in [3.8, 4) is 0 Å². The molecule has 1 aliphatic heterocycles. The fourth-order valence-electron chi connectivity index (χ4n) is 7.52. The van der Waals surface area contributed by atoms with E-state index in [4.69, 9.17) is 0 Å². The van der Waals surface area contributed by atoms with E-state index >= 15 is 0 Å². The van der Waals surface area contributed by atoms with E-state index < -0.39 is 0 Å². The van der Waals surface area contributed by atoms with Crippen molar-refractivity contribution in [3.63, 3.8) is 0 Å². The molecule has 1 amide bonds. The quantitative estimate of drug-likeness (QED) is 0.601. The molecule has 4 bridgehead atoms. The Hall–Kier alpha value is -2.50. The average Bonchev–Trinajstić information content (AvgIpc) is 3.19. The number of hydrazone groups is 1. The van der Waals surface area contributed by atoms with Crippen LogP contribution in [0.4, 0.5) is 0 Å². The van der Waals surface area contributed by atoms with Gasteiger partial charge in [0.15, 0.2) is 0 Å². The van der Waals surface area contributed by atoms with Gasteiger partial charge in [-0.1, -0.05) is 0 Å². The van der Waals surface area contributed by atoms with E-state index in [0.29, 0.717) is 21.9 Å². The van der Waals surface area contributed by atoms with Crippen LogP contribution in [0.1, 0.15) is 74.5 Å². The van der Waals surface area contributed by atoms with Crippen LogP contribution in [0.25, 0.3) is 10.9 Å². The van der Waals surface area contributed by atoms with E-state index in [2.05, 4.69) is 15.5 Å². The second-order valence-corrected chi connectivity index (χ2v) is 10.7. The Balaban J connectivity index is 1.18. The van der Waals surface area contributed by atoms with E-state index in [1.807, 2.05) is 6.92 Å². The molecule has 0 spiro atoms. The predicted octanol–water partition coefficient (Wildman–Crippen LogP) is 4.05. The lowest BCUT2D eigenvalue weighted by atomic mass is 9.48. The molecule has 31 heavy (non-hydrogen) atoms. The molecule has 6 heteroatoms. The number of hydrogen-bond donors (Lipinski definition) is 1. The molecule has 162 valence electrons. The van der Waals surface area contributed by atoms with Crippen LogP contribution in [0, 0.1) is 23.2 Å². The van der Waals surface area contributed by atoms with Crippen molar-refractivity contribution in [3.05, 3.63) is 39.9 Å². The van der Waals surface area contributed by atoms with Gasteiger partial charge < -0.3 is 0 Å². The number of fused-ring (bicyclic) bond motifs is 2. The first-order valence-corrected chi connectivity index (χ1v) is 11.8. The van der Waals surface area contributed by atoms with Crippen LogP contribution < -0.4 is 11.0 Å². The summed E-state index contributed by atoms with van der Waals surface area (Å²) in [6.07, 6.45) is 11.1. The zero-order chi connectivity index (χ0) is 21.2. The zero-order valence-electron chi connectivity index (χ0n) is 18.2. The molecule has 1 aromatic heterocycles. The number of amides is 1. The Morgan fingerprint density at radius 1 is 1.19 bits per heavy atom. The molecule has 2 aromatic rings. The summed E-state index contributed by atoms with van der Waals surface area (Å²) in [5.74, 6) is 3.34. The monoisotopic (exact) mass is 418 g/mol. The Kier molecular flexibility index (Phi) is 4.34. The highest BCUT2D eigenvalue weighted by molar-refractivity contribution is 5.98. The standard InChI is InChI=1S/C25H30N4O2/c1-15(11-25-12-16-7-17(13-25)9-18(8-16)14-25)27-28-23(30)19-4-5-20-21(10-19)26-22-3-2-6-29(22)24(20)31/h4-5,10,16-18H,2-3,6-9,11-14H2,1H3,(H,28,30)/b27-15-. The van der Waals surface area contributed by atoms with Crippen LogP contribution in [0.2, 0.25) is 0 Å². The minimum Gasteiger partial charge on any atom is -0.296 e. The van der Waals surface area contributed by atoms with Crippen molar-refractivity contribution >= 4 is 22.5 Å². The van der Waals surface area contributed by atoms with Gasteiger partial charge in [0, 0.05) is 24.2 Å². The van der Waals surface area contributed by atoms with E-state index in [-0.39, 0.29) is 11.5 Å². The fraction of sp³-hybridized carbons (Fsp3) is 0.600. The number of hydrogen-bond acceptors (Lipinski definition) is 4. The first kappa shape index (κ1) is 19.2. The van der Waals surface area contributed by atoms with Crippen LogP contribution in [0.5, 0.6) is 0 Å². The van der Waals surface area contributed by atoms with Crippen molar-refractivity contribution in [2.75, 3.05) is 0 Å². The zero-order valence-corrected chi connectivity index (χ0v) is 18.2. The van der Waals surface area contributed by atoms with Gasteiger partial charge in [-0.05, 0) is 99.7 Å². The van der Waals surface area contributed by atoms with Gasteiger partial charge in [-0.2, -0.15) is 5.10 Å². The molecular weight excluding hydrogens is 388 g/mol. The van der Waals surface area contributed by atoms with E-state index in [9.17, 15) is 9.59 Å². The molecule has 2 heterocycles. The largest absolute Gasteiger partial charge is 0.296 e. The Labute approximate surface area is 182 Å².